The maximum absolute atomic E-state index is 10.9. The molecule has 1 aromatic rings. The highest BCUT2D eigenvalue weighted by atomic mass is 16.3. The molecule has 1 aromatic carbocycles. The molecule has 0 spiro atoms. The summed E-state index contributed by atoms with van der Waals surface area (Å²) < 4.78 is 0. The van der Waals surface area contributed by atoms with E-state index in [9.17, 15) is 4.79 Å². The predicted octanol–water partition coefficient (Wildman–Crippen LogP) is 2.31. The van der Waals surface area contributed by atoms with Gasteiger partial charge in [0.1, 0.15) is 5.75 Å². The van der Waals surface area contributed by atoms with Crippen LogP contribution in [0.4, 0.5) is 5.69 Å². The van der Waals surface area contributed by atoms with Crippen molar-refractivity contribution in [1.29, 1.82) is 0 Å². The van der Waals surface area contributed by atoms with Crippen LogP contribution in [0.1, 0.15) is 0 Å². The summed E-state index contributed by atoms with van der Waals surface area (Å²) in [6.07, 6.45) is 1.24. The first-order chi connectivity index (χ1) is 7.25. The minimum absolute atomic E-state index is 0.100. The lowest BCUT2D eigenvalue weighted by molar-refractivity contribution is -0.114. The van der Waals surface area contributed by atoms with E-state index in [0.29, 0.717) is 5.69 Å². The Morgan fingerprint density at radius 2 is 1.87 bits per heavy atom. The molecule has 74 valence electrons. The first-order valence-electron chi connectivity index (χ1n) is 4.12. The monoisotopic (exact) mass is 202 g/mol. The molecule has 2 rings (SSSR count). The summed E-state index contributed by atoms with van der Waals surface area (Å²) in [6.45, 7) is 0. The van der Waals surface area contributed by atoms with Crippen molar-refractivity contribution in [2.45, 2.75) is 0 Å². The maximum Gasteiger partial charge on any atom is 0.317 e. The van der Waals surface area contributed by atoms with Gasteiger partial charge in [0.2, 0.25) is 0 Å². The minimum atomic E-state index is -0.502. The smallest absolute Gasteiger partial charge is 0.317 e. The molecular weight excluding hydrogens is 196 g/mol. The summed E-state index contributed by atoms with van der Waals surface area (Å²) in [4.78, 5) is 10.9. The van der Waals surface area contributed by atoms with Crippen molar-refractivity contribution < 1.29 is 9.90 Å². The van der Waals surface area contributed by atoms with E-state index in [1.54, 1.807) is 12.1 Å². The van der Waals surface area contributed by atoms with Crippen LogP contribution in [-0.2, 0) is 4.79 Å². The van der Waals surface area contributed by atoms with Crippen LogP contribution in [0.5, 0.6) is 5.75 Å². The van der Waals surface area contributed by atoms with Gasteiger partial charge in [-0.2, -0.15) is 10.2 Å². The molecule has 0 radical (unpaired) electrons. The van der Waals surface area contributed by atoms with E-state index < -0.39 is 5.91 Å². The molecule has 0 saturated heterocycles. The summed E-state index contributed by atoms with van der Waals surface area (Å²) in [5.74, 6) is -0.354. The molecule has 0 saturated carbocycles. The van der Waals surface area contributed by atoms with E-state index in [0.717, 1.165) is 0 Å². The Balaban J connectivity index is 2.12. The van der Waals surface area contributed by atoms with E-state index in [2.05, 4.69) is 20.5 Å². The highest BCUT2D eigenvalue weighted by molar-refractivity contribution is 5.94. The SMILES string of the molecule is O=C1N=NC=C1N=Nc1ccc(O)cc1. The minimum Gasteiger partial charge on any atom is -0.508 e. The van der Waals surface area contributed by atoms with Crippen LogP contribution in [0.15, 0.2) is 56.6 Å². The lowest BCUT2D eigenvalue weighted by Gasteiger charge is -1.92. The maximum atomic E-state index is 10.9. The van der Waals surface area contributed by atoms with Gasteiger partial charge in [-0.3, -0.25) is 4.79 Å². The summed E-state index contributed by atoms with van der Waals surface area (Å²) in [6, 6.07) is 6.11. The highest BCUT2D eigenvalue weighted by Crippen LogP contribution is 2.19. The van der Waals surface area contributed by atoms with Crippen LogP contribution in [0.25, 0.3) is 0 Å². The molecule has 15 heavy (non-hydrogen) atoms. The molecule has 0 aliphatic carbocycles. The number of rotatable bonds is 2. The zero-order valence-corrected chi connectivity index (χ0v) is 7.53. The number of amides is 1. The second kappa shape index (κ2) is 3.79. The van der Waals surface area contributed by atoms with Gasteiger partial charge >= 0.3 is 5.91 Å². The van der Waals surface area contributed by atoms with E-state index >= 15 is 0 Å². The van der Waals surface area contributed by atoms with E-state index in [-0.39, 0.29) is 11.4 Å². The standard InChI is InChI=1S/C9H6N4O2/c14-7-3-1-6(2-4-7)11-12-8-5-10-13-9(8)15/h1-5,14H. The van der Waals surface area contributed by atoms with Gasteiger partial charge in [0.05, 0.1) is 11.9 Å². The molecule has 1 heterocycles. The van der Waals surface area contributed by atoms with Gasteiger partial charge < -0.3 is 5.11 Å². The van der Waals surface area contributed by atoms with Crippen molar-refractivity contribution in [2.75, 3.05) is 0 Å². The van der Waals surface area contributed by atoms with Gasteiger partial charge in [0, 0.05) is 0 Å². The molecule has 6 heteroatoms. The summed E-state index contributed by atoms with van der Waals surface area (Å²) in [5, 5.41) is 23.1. The molecule has 1 amide bonds. The number of phenolic OH excluding ortho intramolecular Hbond substituents is 1. The molecular formula is C9H6N4O2. The van der Waals surface area contributed by atoms with Gasteiger partial charge in [0.25, 0.3) is 0 Å². The summed E-state index contributed by atoms with van der Waals surface area (Å²) >= 11 is 0. The van der Waals surface area contributed by atoms with Crippen molar-refractivity contribution in [1.82, 2.24) is 0 Å². The number of hydrogen-bond donors (Lipinski definition) is 1. The van der Waals surface area contributed by atoms with Crippen molar-refractivity contribution in [3.8, 4) is 5.75 Å². The molecule has 0 bridgehead atoms. The number of phenols is 1. The van der Waals surface area contributed by atoms with Crippen molar-refractivity contribution in [2.24, 2.45) is 20.5 Å². The number of aromatic hydroxyl groups is 1. The fraction of sp³-hybridized carbons (Fsp3) is 0. The summed E-state index contributed by atoms with van der Waals surface area (Å²) in [5.41, 5.74) is 0.636. The second-order valence-corrected chi connectivity index (χ2v) is 2.75. The number of carbonyl (C=O) groups excluding carboxylic acids is 1. The fourth-order valence-electron chi connectivity index (χ4n) is 0.942. The van der Waals surface area contributed by atoms with Crippen molar-refractivity contribution in [3.63, 3.8) is 0 Å². The van der Waals surface area contributed by atoms with Crippen LogP contribution < -0.4 is 0 Å². The molecule has 0 atom stereocenters. The van der Waals surface area contributed by atoms with E-state index in [1.165, 1.54) is 18.3 Å². The zero-order chi connectivity index (χ0) is 10.7. The Morgan fingerprint density at radius 3 is 2.47 bits per heavy atom. The van der Waals surface area contributed by atoms with E-state index in [4.69, 9.17) is 5.11 Å². The van der Waals surface area contributed by atoms with Crippen LogP contribution in [0.3, 0.4) is 0 Å². The second-order valence-electron chi connectivity index (χ2n) is 2.75. The third-order valence-electron chi connectivity index (χ3n) is 1.67. The Hall–Kier alpha value is -2.37. The van der Waals surface area contributed by atoms with Crippen LogP contribution >= 0.6 is 0 Å². The Kier molecular flexibility index (Phi) is 2.32. The highest BCUT2D eigenvalue weighted by Gasteiger charge is 2.11. The molecule has 0 aromatic heterocycles. The lowest BCUT2D eigenvalue weighted by Crippen LogP contribution is -1.88. The van der Waals surface area contributed by atoms with Crippen LogP contribution in [0, 0.1) is 0 Å². The Bertz CT molecular complexity index is 473. The lowest BCUT2D eigenvalue weighted by atomic mass is 10.3. The van der Waals surface area contributed by atoms with E-state index in [1.807, 2.05) is 0 Å². The van der Waals surface area contributed by atoms with Gasteiger partial charge in [0.15, 0.2) is 5.70 Å². The van der Waals surface area contributed by atoms with Crippen molar-refractivity contribution >= 4 is 11.6 Å². The van der Waals surface area contributed by atoms with Crippen molar-refractivity contribution in [3.05, 3.63) is 36.2 Å². The quantitative estimate of drug-likeness (QED) is 0.746. The Morgan fingerprint density at radius 1 is 1.13 bits per heavy atom. The third kappa shape index (κ3) is 2.11. The zero-order valence-electron chi connectivity index (χ0n) is 7.53. The number of azo groups is 2. The number of benzene rings is 1. The average Bonchev–Trinajstić information content (AvgIpc) is 2.63. The van der Waals surface area contributed by atoms with Crippen LogP contribution in [-0.4, -0.2) is 11.0 Å². The first kappa shape index (κ1) is 9.20. The average molecular weight is 202 g/mol. The largest absolute Gasteiger partial charge is 0.508 e. The van der Waals surface area contributed by atoms with Gasteiger partial charge in [-0.25, -0.2) is 0 Å². The fourth-order valence-corrected chi connectivity index (χ4v) is 0.942. The van der Waals surface area contributed by atoms with Gasteiger partial charge in [-0.1, -0.05) is 0 Å². The van der Waals surface area contributed by atoms with Gasteiger partial charge in [-0.15, -0.1) is 10.2 Å². The first-order valence-corrected chi connectivity index (χ1v) is 4.12. The molecule has 0 fully saturated rings. The number of carbonyl (C=O) groups is 1. The van der Waals surface area contributed by atoms with Crippen LogP contribution in [0.2, 0.25) is 0 Å². The normalized spacial score (nSPS) is 14.9. The molecule has 1 N–H and O–H groups in total. The number of hydrogen-bond acceptors (Lipinski definition) is 5. The molecule has 1 aliphatic heterocycles. The summed E-state index contributed by atoms with van der Waals surface area (Å²) in [7, 11) is 0. The molecule has 6 nitrogen and oxygen atoms in total. The molecule has 1 aliphatic rings. The van der Waals surface area contributed by atoms with Gasteiger partial charge in [-0.05, 0) is 24.3 Å². The number of nitrogens with zero attached hydrogens (tertiary/aromatic N) is 4. The Labute approximate surface area is 84.7 Å². The third-order valence-corrected chi connectivity index (χ3v) is 1.67. The molecule has 0 unspecified atom stereocenters. The topological polar surface area (TPSA) is 86.7 Å². The predicted molar refractivity (Wildman–Crippen MR) is 50.6 cm³/mol.